The van der Waals surface area contributed by atoms with Crippen LogP contribution in [0.2, 0.25) is 0 Å². The first-order valence-corrected chi connectivity index (χ1v) is 6.69. The minimum absolute atomic E-state index is 0.0988. The highest BCUT2D eigenvalue weighted by Crippen LogP contribution is 2.26. The average Bonchev–Trinajstić information content (AvgIpc) is 2.27. The number of hydrogen-bond donors (Lipinski definition) is 3. The number of halogens is 1. The van der Waals surface area contributed by atoms with Gasteiger partial charge in [0.15, 0.2) is 0 Å². The van der Waals surface area contributed by atoms with Crippen LogP contribution in [0.15, 0.2) is 22.7 Å². The lowest BCUT2D eigenvalue weighted by molar-refractivity contribution is 0.0524. The SMILES string of the molecule is CC(C)(C)OC(=O)NCC(N)c1cc(Br)ccc1O. The minimum atomic E-state index is -0.550. The molecule has 1 amide bonds. The van der Waals surface area contributed by atoms with Crippen LogP contribution >= 0.6 is 15.9 Å². The first-order valence-electron chi connectivity index (χ1n) is 5.90. The van der Waals surface area contributed by atoms with Crippen LogP contribution in [0.1, 0.15) is 32.4 Å². The standard InChI is InChI=1S/C13H19BrN2O3/c1-13(2,3)19-12(18)16-7-10(15)9-6-8(14)4-5-11(9)17/h4-6,10,17H,7,15H2,1-3H3,(H,16,18). The first kappa shape index (κ1) is 15.8. The van der Waals surface area contributed by atoms with Crippen LogP contribution in [-0.4, -0.2) is 23.3 Å². The van der Waals surface area contributed by atoms with Crippen molar-refractivity contribution in [3.63, 3.8) is 0 Å². The normalized spacial score (nSPS) is 12.9. The molecule has 106 valence electrons. The molecule has 0 aliphatic carbocycles. The lowest BCUT2D eigenvalue weighted by atomic mass is 10.1. The smallest absolute Gasteiger partial charge is 0.407 e. The molecular weight excluding hydrogens is 312 g/mol. The third-order valence-corrected chi connectivity index (χ3v) is 2.75. The summed E-state index contributed by atoms with van der Waals surface area (Å²) in [5.41, 5.74) is 5.94. The molecule has 0 heterocycles. The van der Waals surface area contributed by atoms with Gasteiger partial charge in [-0.3, -0.25) is 0 Å². The van der Waals surface area contributed by atoms with E-state index < -0.39 is 17.7 Å². The van der Waals surface area contributed by atoms with E-state index in [1.165, 1.54) is 0 Å². The third kappa shape index (κ3) is 5.48. The zero-order valence-electron chi connectivity index (χ0n) is 11.2. The van der Waals surface area contributed by atoms with E-state index in [4.69, 9.17) is 10.5 Å². The molecule has 0 bridgehead atoms. The molecular formula is C13H19BrN2O3. The van der Waals surface area contributed by atoms with Crippen molar-refractivity contribution in [3.05, 3.63) is 28.2 Å². The fraction of sp³-hybridized carbons (Fsp3) is 0.462. The average molecular weight is 331 g/mol. The van der Waals surface area contributed by atoms with Crippen molar-refractivity contribution >= 4 is 22.0 Å². The quantitative estimate of drug-likeness (QED) is 0.795. The maximum absolute atomic E-state index is 11.5. The van der Waals surface area contributed by atoms with Crippen LogP contribution in [0.5, 0.6) is 5.75 Å². The Hall–Kier alpha value is -1.27. The summed E-state index contributed by atoms with van der Waals surface area (Å²) in [6, 6.07) is 4.47. The number of phenols is 1. The van der Waals surface area contributed by atoms with E-state index in [1.54, 1.807) is 39.0 Å². The minimum Gasteiger partial charge on any atom is -0.508 e. The highest BCUT2D eigenvalue weighted by atomic mass is 79.9. The van der Waals surface area contributed by atoms with Crippen molar-refractivity contribution in [2.45, 2.75) is 32.4 Å². The lowest BCUT2D eigenvalue weighted by Crippen LogP contribution is -2.36. The van der Waals surface area contributed by atoms with Crippen molar-refractivity contribution in [2.75, 3.05) is 6.54 Å². The Morgan fingerprint density at radius 2 is 2.16 bits per heavy atom. The molecule has 0 saturated heterocycles. The van der Waals surface area contributed by atoms with E-state index in [0.29, 0.717) is 5.56 Å². The molecule has 6 heteroatoms. The molecule has 0 saturated carbocycles. The van der Waals surface area contributed by atoms with Crippen molar-refractivity contribution < 1.29 is 14.6 Å². The summed E-state index contributed by atoms with van der Waals surface area (Å²) in [6.07, 6.45) is -0.530. The number of nitrogens with one attached hydrogen (secondary N) is 1. The summed E-state index contributed by atoms with van der Waals surface area (Å²) in [5, 5.41) is 12.3. The Morgan fingerprint density at radius 3 is 2.74 bits per heavy atom. The molecule has 0 spiro atoms. The van der Waals surface area contributed by atoms with Crippen LogP contribution in [0, 0.1) is 0 Å². The Labute approximate surface area is 121 Å². The zero-order valence-corrected chi connectivity index (χ0v) is 12.8. The number of nitrogens with two attached hydrogens (primary N) is 1. The molecule has 4 N–H and O–H groups in total. The number of amides is 1. The molecule has 1 rings (SSSR count). The van der Waals surface area contributed by atoms with Crippen molar-refractivity contribution in [1.82, 2.24) is 5.32 Å². The predicted octanol–water partition coefficient (Wildman–Crippen LogP) is 2.68. The van der Waals surface area contributed by atoms with Gasteiger partial charge in [0.05, 0.1) is 6.04 Å². The molecule has 0 aliphatic rings. The van der Waals surface area contributed by atoms with Crippen LogP contribution in [0.3, 0.4) is 0 Å². The number of carbonyl (C=O) groups is 1. The topological polar surface area (TPSA) is 84.6 Å². The summed E-state index contributed by atoms with van der Waals surface area (Å²) in [7, 11) is 0. The van der Waals surface area contributed by atoms with Crippen molar-refractivity contribution in [1.29, 1.82) is 0 Å². The number of phenolic OH excluding ortho intramolecular Hbond substituents is 1. The molecule has 0 aliphatic heterocycles. The molecule has 5 nitrogen and oxygen atoms in total. The Kier molecular flexibility index (Phi) is 5.20. The molecule has 19 heavy (non-hydrogen) atoms. The van der Waals surface area contributed by atoms with Crippen LogP contribution < -0.4 is 11.1 Å². The van der Waals surface area contributed by atoms with Crippen molar-refractivity contribution in [3.8, 4) is 5.75 Å². The van der Waals surface area contributed by atoms with E-state index in [0.717, 1.165) is 4.47 Å². The maximum Gasteiger partial charge on any atom is 0.407 e. The summed E-state index contributed by atoms with van der Waals surface area (Å²) in [5.74, 6) is 0.0988. The number of rotatable bonds is 3. The molecule has 1 unspecified atom stereocenters. The second kappa shape index (κ2) is 6.25. The predicted molar refractivity (Wildman–Crippen MR) is 77.0 cm³/mol. The first-order chi connectivity index (χ1) is 8.69. The summed E-state index contributed by atoms with van der Waals surface area (Å²) in [6.45, 7) is 5.53. The van der Waals surface area contributed by atoms with Gasteiger partial charge >= 0.3 is 6.09 Å². The van der Waals surface area contributed by atoms with Crippen LogP contribution in [-0.2, 0) is 4.74 Å². The second-order valence-electron chi connectivity index (χ2n) is 5.19. The largest absolute Gasteiger partial charge is 0.508 e. The lowest BCUT2D eigenvalue weighted by Gasteiger charge is -2.21. The number of hydrogen-bond acceptors (Lipinski definition) is 4. The van der Waals surface area contributed by atoms with Gasteiger partial charge in [0.25, 0.3) is 0 Å². The zero-order chi connectivity index (χ0) is 14.6. The Balaban J connectivity index is 2.58. The highest BCUT2D eigenvalue weighted by Gasteiger charge is 2.18. The van der Waals surface area contributed by atoms with E-state index in [-0.39, 0.29) is 12.3 Å². The Morgan fingerprint density at radius 1 is 1.53 bits per heavy atom. The van der Waals surface area contributed by atoms with Gasteiger partial charge in [0.1, 0.15) is 11.4 Å². The van der Waals surface area contributed by atoms with Gasteiger partial charge < -0.3 is 20.9 Å². The Bertz CT molecular complexity index is 458. The third-order valence-electron chi connectivity index (χ3n) is 2.25. The molecule has 0 fully saturated rings. The molecule has 0 radical (unpaired) electrons. The number of alkyl carbamates (subject to hydrolysis) is 1. The van der Waals surface area contributed by atoms with Crippen molar-refractivity contribution in [2.24, 2.45) is 5.73 Å². The van der Waals surface area contributed by atoms with Gasteiger partial charge in [-0.2, -0.15) is 0 Å². The van der Waals surface area contributed by atoms with Gasteiger partial charge in [-0.15, -0.1) is 0 Å². The number of aromatic hydroxyl groups is 1. The molecule has 1 aromatic rings. The monoisotopic (exact) mass is 330 g/mol. The summed E-state index contributed by atoms with van der Waals surface area (Å²) >= 11 is 3.31. The van der Waals surface area contributed by atoms with Crippen LogP contribution in [0.4, 0.5) is 4.79 Å². The van der Waals surface area contributed by atoms with Crippen LogP contribution in [0.25, 0.3) is 0 Å². The van der Waals surface area contributed by atoms with Gasteiger partial charge in [0, 0.05) is 16.6 Å². The fourth-order valence-electron chi connectivity index (χ4n) is 1.44. The number of benzene rings is 1. The van der Waals surface area contributed by atoms with Gasteiger partial charge in [-0.1, -0.05) is 15.9 Å². The number of ether oxygens (including phenoxy) is 1. The van der Waals surface area contributed by atoms with E-state index in [9.17, 15) is 9.90 Å². The number of carbonyl (C=O) groups excluding carboxylic acids is 1. The second-order valence-corrected chi connectivity index (χ2v) is 6.11. The van der Waals surface area contributed by atoms with E-state index in [2.05, 4.69) is 21.2 Å². The maximum atomic E-state index is 11.5. The van der Waals surface area contributed by atoms with E-state index in [1.807, 2.05) is 0 Å². The highest BCUT2D eigenvalue weighted by molar-refractivity contribution is 9.10. The summed E-state index contributed by atoms with van der Waals surface area (Å²) < 4.78 is 5.91. The summed E-state index contributed by atoms with van der Waals surface area (Å²) in [4.78, 5) is 11.5. The molecule has 0 aromatic heterocycles. The van der Waals surface area contributed by atoms with Gasteiger partial charge in [0.2, 0.25) is 0 Å². The van der Waals surface area contributed by atoms with E-state index >= 15 is 0 Å². The van der Waals surface area contributed by atoms with Gasteiger partial charge in [-0.05, 0) is 39.0 Å². The fourth-order valence-corrected chi connectivity index (χ4v) is 1.82. The van der Waals surface area contributed by atoms with Gasteiger partial charge in [-0.25, -0.2) is 4.79 Å². The molecule has 1 atom stereocenters. The molecule has 1 aromatic carbocycles.